The topological polar surface area (TPSA) is 61.6 Å². The number of amides is 1. The van der Waals surface area contributed by atoms with Crippen molar-refractivity contribution < 1.29 is 14.3 Å². The van der Waals surface area contributed by atoms with Gasteiger partial charge in [0.2, 0.25) is 0 Å². The first-order chi connectivity index (χ1) is 14.0. The third kappa shape index (κ3) is 3.55. The Labute approximate surface area is 168 Å². The van der Waals surface area contributed by atoms with Crippen molar-refractivity contribution in [2.75, 3.05) is 31.1 Å². The Balaban J connectivity index is 1.52. The summed E-state index contributed by atoms with van der Waals surface area (Å²) in [5, 5.41) is 14.6. The molecule has 0 radical (unpaired) electrons. The predicted molar refractivity (Wildman–Crippen MR) is 109 cm³/mol. The first-order valence-corrected chi connectivity index (χ1v) is 9.60. The number of phenols is 1. The SMILES string of the molecule is Cc1nn(-c2ccc(F)cc2)c(C)c1C(=O)N1CCN(c2ccccc2O)CC1. The van der Waals surface area contributed by atoms with Crippen LogP contribution in [0.2, 0.25) is 0 Å². The number of benzene rings is 2. The molecule has 7 heteroatoms. The number of anilines is 1. The van der Waals surface area contributed by atoms with Crippen molar-refractivity contribution in [3.8, 4) is 11.4 Å². The van der Waals surface area contributed by atoms with E-state index in [2.05, 4.69) is 10.00 Å². The van der Waals surface area contributed by atoms with Crippen LogP contribution in [0.3, 0.4) is 0 Å². The van der Waals surface area contributed by atoms with E-state index in [1.165, 1.54) is 12.1 Å². The number of hydrogen-bond donors (Lipinski definition) is 1. The number of carbonyl (C=O) groups is 1. The van der Waals surface area contributed by atoms with Gasteiger partial charge in [-0.05, 0) is 50.2 Å². The zero-order chi connectivity index (χ0) is 20.5. The number of halogens is 1. The molecule has 6 nitrogen and oxygen atoms in total. The van der Waals surface area contributed by atoms with E-state index in [1.54, 1.807) is 28.9 Å². The third-order valence-electron chi connectivity index (χ3n) is 5.37. The standard InChI is InChI=1S/C22H23FN4O2/c1-15-21(16(2)27(24-15)18-9-7-17(23)8-10-18)22(29)26-13-11-25(12-14-26)19-5-3-4-6-20(19)28/h3-10,28H,11-14H2,1-2H3. The molecule has 2 heterocycles. The van der Waals surface area contributed by atoms with Crippen LogP contribution in [0, 0.1) is 19.7 Å². The van der Waals surface area contributed by atoms with Gasteiger partial charge in [0.1, 0.15) is 11.6 Å². The minimum atomic E-state index is -0.311. The minimum Gasteiger partial charge on any atom is -0.506 e. The van der Waals surface area contributed by atoms with Crippen molar-refractivity contribution in [2.45, 2.75) is 13.8 Å². The Morgan fingerprint density at radius 2 is 1.66 bits per heavy atom. The zero-order valence-corrected chi connectivity index (χ0v) is 16.5. The van der Waals surface area contributed by atoms with Crippen molar-refractivity contribution in [1.82, 2.24) is 14.7 Å². The molecule has 0 unspecified atom stereocenters. The number of rotatable bonds is 3. The average molecular weight is 394 g/mol. The van der Waals surface area contributed by atoms with Crippen LogP contribution >= 0.6 is 0 Å². The van der Waals surface area contributed by atoms with Crippen LogP contribution in [0.25, 0.3) is 5.69 Å². The Kier molecular flexibility index (Phi) is 4.96. The third-order valence-corrected chi connectivity index (χ3v) is 5.37. The fraction of sp³-hybridized carbons (Fsp3) is 0.273. The molecule has 1 fully saturated rings. The van der Waals surface area contributed by atoms with Gasteiger partial charge in [-0.1, -0.05) is 12.1 Å². The van der Waals surface area contributed by atoms with Gasteiger partial charge in [-0.25, -0.2) is 9.07 Å². The molecular formula is C22H23FN4O2. The molecular weight excluding hydrogens is 371 g/mol. The monoisotopic (exact) mass is 394 g/mol. The number of aryl methyl sites for hydroxylation is 1. The van der Waals surface area contributed by atoms with Crippen molar-refractivity contribution in [1.29, 1.82) is 0 Å². The van der Waals surface area contributed by atoms with Crippen molar-refractivity contribution in [3.05, 3.63) is 71.3 Å². The van der Waals surface area contributed by atoms with Crippen molar-refractivity contribution in [2.24, 2.45) is 0 Å². The van der Waals surface area contributed by atoms with E-state index < -0.39 is 0 Å². The summed E-state index contributed by atoms with van der Waals surface area (Å²) in [5.41, 5.74) is 3.49. The second-order valence-corrected chi connectivity index (χ2v) is 7.20. The quantitative estimate of drug-likeness (QED) is 0.741. The molecule has 4 rings (SSSR count). The number of carbonyl (C=O) groups excluding carboxylic acids is 1. The highest BCUT2D eigenvalue weighted by Gasteiger charge is 2.27. The summed E-state index contributed by atoms with van der Waals surface area (Å²) in [6.45, 7) is 6.09. The first-order valence-electron chi connectivity index (χ1n) is 9.60. The number of aromatic hydroxyl groups is 1. The Morgan fingerprint density at radius 3 is 2.31 bits per heavy atom. The largest absolute Gasteiger partial charge is 0.506 e. The van der Waals surface area contributed by atoms with Crippen LogP contribution in [-0.2, 0) is 0 Å². The highest BCUT2D eigenvalue weighted by Crippen LogP contribution is 2.28. The normalized spacial score (nSPS) is 14.3. The van der Waals surface area contributed by atoms with Gasteiger partial charge in [0.05, 0.1) is 28.3 Å². The number of piperazine rings is 1. The van der Waals surface area contributed by atoms with Gasteiger partial charge in [0.25, 0.3) is 5.91 Å². The average Bonchev–Trinajstić information content (AvgIpc) is 3.02. The Hall–Kier alpha value is -3.35. The maximum absolute atomic E-state index is 13.2. The zero-order valence-electron chi connectivity index (χ0n) is 16.5. The lowest BCUT2D eigenvalue weighted by molar-refractivity contribution is 0.0745. The second-order valence-electron chi connectivity index (χ2n) is 7.20. The van der Waals surface area contributed by atoms with Gasteiger partial charge in [-0.3, -0.25) is 4.79 Å². The van der Waals surface area contributed by atoms with Gasteiger partial charge in [-0.2, -0.15) is 5.10 Å². The molecule has 1 aliphatic rings. The molecule has 1 amide bonds. The number of phenolic OH excluding ortho intramolecular Hbond substituents is 1. The lowest BCUT2D eigenvalue weighted by Gasteiger charge is -2.36. The summed E-state index contributed by atoms with van der Waals surface area (Å²) in [5.74, 6) is -0.112. The Morgan fingerprint density at radius 1 is 1.00 bits per heavy atom. The maximum atomic E-state index is 13.2. The molecule has 0 atom stereocenters. The second kappa shape index (κ2) is 7.58. The van der Waals surface area contributed by atoms with Gasteiger partial charge in [0, 0.05) is 26.2 Å². The number of nitrogens with zero attached hydrogens (tertiary/aromatic N) is 4. The molecule has 2 aromatic carbocycles. The summed E-state index contributed by atoms with van der Waals surface area (Å²) in [4.78, 5) is 17.1. The van der Waals surface area contributed by atoms with Gasteiger partial charge in [-0.15, -0.1) is 0 Å². The molecule has 0 aliphatic carbocycles. The van der Waals surface area contributed by atoms with E-state index >= 15 is 0 Å². The van der Waals surface area contributed by atoms with Gasteiger partial charge in [0.15, 0.2) is 0 Å². The number of aromatic nitrogens is 2. The molecule has 150 valence electrons. The molecule has 1 saturated heterocycles. The predicted octanol–water partition coefficient (Wildman–Crippen LogP) is 3.30. The van der Waals surface area contributed by atoms with E-state index in [9.17, 15) is 14.3 Å². The highest BCUT2D eigenvalue weighted by atomic mass is 19.1. The summed E-state index contributed by atoms with van der Waals surface area (Å²) >= 11 is 0. The number of para-hydroxylation sites is 2. The molecule has 1 aliphatic heterocycles. The molecule has 1 N–H and O–H groups in total. The molecule has 29 heavy (non-hydrogen) atoms. The van der Waals surface area contributed by atoms with E-state index in [-0.39, 0.29) is 17.5 Å². The van der Waals surface area contributed by atoms with Crippen LogP contribution in [0.15, 0.2) is 48.5 Å². The fourth-order valence-electron chi connectivity index (χ4n) is 3.83. The van der Waals surface area contributed by atoms with Crippen LogP contribution in [0.1, 0.15) is 21.7 Å². The minimum absolute atomic E-state index is 0.0507. The van der Waals surface area contributed by atoms with Crippen molar-refractivity contribution >= 4 is 11.6 Å². The fourth-order valence-corrected chi connectivity index (χ4v) is 3.83. The smallest absolute Gasteiger partial charge is 0.257 e. The van der Waals surface area contributed by atoms with E-state index in [0.717, 1.165) is 17.1 Å². The lowest BCUT2D eigenvalue weighted by Crippen LogP contribution is -2.49. The first kappa shape index (κ1) is 19.0. The van der Waals surface area contributed by atoms with Crippen LogP contribution in [0.5, 0.6) is 5.75 Å². The van der Waals surface area contributed by atoms with E-state index in [0.29, 0.717) is 37.4 Å². The summed E-state index contributed by atoms with van der Waals surface area (Å²) in [7, 11) is 0. The van der Waals surface area contributed by atoms with Gasteiger partial charge >= 0.3 is 0 Å². The van der Waals surface area contributed by atoms with E-state index in [4.69, 9.17) is 0 Å². The van der Waals surface area contributed by atoms with Crippen LogP contribution in [-0.4, -0.2) is 51.9 Å². The molecule has 0 bridgehead atoms. The summed E-state index contributed by atoms with van der Waals surface area (Å²) in [6.07, 6.45) is 0. The molecule has 3 aromatic rings. The van der Waals surface area contributed by atoms with Crippen LogP contribution < -0.4 is 4.90 Å². The number of hydrogen-bond acceptors (Lipinski definition) is 4. The van der Waals surface area contributed by atoms with E-state index in [1.807, 2.05) is 30.9 Å². The highest BCUT2D eigenvalue weighted by molar-refractivity contribution is 5.96. The van der Waals surface area contributed by atoms with Gasteiger partial charge < -0.3 is 14.9 Å². The molecule has 0 spiro atoms. The lowest BCUT2D eigenvalue weighted by atomic mass is 10.1. The Bertz CT molecular complexity index is 1040. The van der Waals surface area contributed by atoms with Crippen LogP contribution in [0.4, 0.5) is 10.1 Å². The maximum Gasteiger partial charge on any atom is 0.257 e. The molecule has 1 aromatic heterocycles. The summed E-state index contributed by atoms with van der Waals surface area (Å²) in [6, 6.07) is 13.3. The molecule has 0 saturated carbocycles. The van der Waals surface area contributed by atoms with Crippen molar-refractivity contribution in [3.63, 3.8) is 0 Å². The summed E-state index contributed by atoms with van der Waals surface area (Å²) < 4.78 is 14.9.